The zero-order valence-corrected chi connectivity index (χ0v) is 22.8. The summed E-state index contributed by atoms with van der Waals surface area (Å²) < 4.78 is 6.10. The van der Waals surface area contributed by atoms with Crippen molar-refractivity contribution >= 4 is 21.9 Å². The summed E-state index contributed by atoms with van der Waals surface area (Å²) in [5.74, 6) is 0.544. The van der Waals surface area contributed by atoms with Gasteiger partial charge in [-0.2, -0.15) is 0 Å². The largest absolute Gasteiger partial charge is 0.500 e. The molecule has 6 aromatic rings. The van der Waals surface area contributed by atoms with Gasteiger partial charge in [-0.3, -0.25) is 0 Å². The number of pyridine rings is 2. The molecule has 4 heteroatoms. The third-order valence-electron chi connectivity index (χ3n) is 6.01. The van der Waals surface area contributed by atoms with E-state index < -0.39 is 0 Å². The van der Waals surface area contributed by atoms with E-state index in [0.717, 1.165) is 50.0 Å². The van der Waals surface area contributed by atoms with E-state index in [9.17, 15) is 0 Å². The van der Waals surface area contributed by atoms with Crippen LogP contribution < -0.4 is 0 Å². The Balaban J connectivity index is 0.000000172. The van der Waals surface area contributed by atoms with Crippen molar-refractivity contribution in [3.8, 4) is 22.5 Å². The SMILES string of the molecule is CC(C)c1cc[c-]c(-c2ccccn2)c1.Cc1cccc2c1oc1c(-c3ccccn3)[c-]ccc12.[Ir]. The minimum absolute atomic E-state index is 0. The number of aryl methyl sites for hydroxylation is 1. The molecule has 0 fully saturated rings. The maximum Gasteiger partial charge on any atom is 0.123 e. The Kier molecular flexibility index (Phi) is 8.10. The Morgan fingerprint density at radius 3 is 2.11 bits per heavy atom. The first kappa shape index (κ1) is 25.5. The summed E-state index contributed by atoms with van der Waals surface area (Å²) >= 11 is 0. The van der Waals surface area contributed by atoms with Crippen LogP contribution in [0.15, 0.2) is 102 Å². The zero-order chi connectivity index (χ0) is 24.2. The molecule has 0 unspecified atom stereocenters. The van der Waals surface area contributed by atoms with Crippen LogP contribution in [0.2, 0.25) is 0 Å². The maximum absolute atomic E-state index is 6.10. The Morgan fingerprint density at radius 2 is 1.42 bits per heavy atom. The van der Waals surface area contributed by atoms with E-state index in [2.05, 4.69) is 73.2 Å². The molecule has 0 bridgehead atoms. The number of hydrogen-bond acceptors (Lipinski definition) is 3. The topological polar surface area (TPSA) is 38.9 Å². The second kappa shape index (κ2) is 11.4. The first-order valence-electron chi connectivity index (χ1n) is 11.8. The molecule has 0 atom stereocenters. The van der Waals surface area contributed by atoms with Gasteiger partial charge in [-0.15, -0.1) is 53.6 Å². The number of hydrogen-bond donors (Lipinski definition) is 0. The van der Waals surface area contributed by atoms with E-state index in [0.29, 0.717) is 5.92 Å². The van der Waals surface area contributed by atoms with Gasteiger partial charge in [0, 0.05) is 37.9 Å². The van der Waals surface area contributed by atoms with E-state index in [-0.39, 0.29) is 20.1 Å². The average Bonchev–Trinajstić information content (AvgIpc) is 3.30. The molecule has 0 saturated carbocycles. The van der Waals surface area contributed by atoms with Gasteiger partial charge < -0.3 is 14.4 Å². The van der Waals surface area contributed by atoms with E-state index in [4.69, 9.17) is 4.42 Å². The molecular weight excluding hydrogens is 621 g/mol. The van der Waals surface area contributed by atoms with Gasteiger partial charge in [0.25, 0.3) is 0 Å². The Morgan fingerprint density at radius 1 is 0.722 bits per heavy atom. The van der Waals surface area contributed by atoms with E-state index >= 15 is 0 Å². The number of nitrogens with zero attached hydrogens (tertiary/aromatic N) is 2. The van der Waals surface area contributed by atoms with Gasteiger partial charge in [-0.25, -0.2) is 0 Å². The van der Waals surface area contributed by atoms with Crippen molar-refractivity contribution in [1.29, 1.82) is 0 Å². The first-order valence-corrected chi connectivity index (χ1v) is 11.8. The second-order valence-electron chi connectivity index (χ2n) is 8.77. The quantitative estimate of drug-likeness (QED) is 0.181. The van der Waals surface area contributed by atoms with Gasteiger partial charge in [0.15, 0.2) is 0 Å². The van der Waals surface area contributed by atoms with Crippen LogP contribution in [-0.4, -0.2) is 9.97 Å². The van der Waals surface area contributed by atoms with Crippen LogP contribution in [0.4, 0.5) is 0 Å². The van der Waals surface area contributed by atoms with Crippen LogP contribution in [0.5, 0.6) is 0 Å². The predicted octanol–water partition coefficient (Wildman–Crippen LogP) is 8.43. The predicted molar refractivity (Wildman–Crippen MR) is 143 cm³/mol. The van der Waals surface area contributed by atoms with Crippen molar-refractivity contribution in [2.45, 2.75) is 26.7 Å². The van der Waals surface area contributed by atoms with Crippen molar-refractivity contribution in [3.05, 3.63) is 121 Å². The van der Waals surface area contributed by atoms with Crippen LogP contribution in [0, 0.1) is 19.1 Å². The minimum Gasteiger partial charge on any atom is -0.500 e. The molecule has 0 aliphatic carbocycles. The minimum atomic E-state index is 0. The van der Waals surface area contributed by atoms with Crippen molar-refractivity contribution in [1.82, 2.24) is 9.97 Å². The fourth-order valence-corrected chi connectivity index (χ4v) is 4.12. The maximum atomic E-state index is 6.10. The van der Waals surface area contributed by atoms with Crippen LogP contribution in [-0.2, 0) is 20.1 Å². The number of aromatic nitrogens is 2. The van der Waals surface area contributed by atoms with Crippen LogP contribution >= 0.6 is 0 Å². The molecule has 36 heavy (non-hydrogen) atoms. The van der Waals surface area contributed by atoms with Gasteiger partial charge >= 0.3 is 0 Å². The Bertz CT molecular complexity index is 1570. The van der Waals surface area contributed by atoms with E-state index in [1.807, 2.05) is 60.8 Å². The zero-order valence-electron chi connectivity index (χ0n) is 20.5. The van der Waals surface area contributed by atoms with Crippen molar-refractivity contribution in [3.63, 3.8) is 0 Å². The number of benzene rings is 3. The number of furan rings is 1. The Hall–Kier alpha value is -3.59. The molecule has 0 aliphatic rings. The summed E-state index contributed by atoms with van der Waals surface area (Å²) in [5.41, 5.74) is 8.13. The van der Waals surface area contributed by atoms with Crippen molar-refractivity contribution in [2.24, 2.45) is 0 Å². The molecule has 0 amide bonds. The summed E-state index contributed by atoms with van der Waals surface area (Å²) in [6.07, 6.45) is 3.60. The molecule has 3 nitrogen and oxygen atoms in total. The number of rotatable bonds is 3. The van der Waals surface area contributed by atoms with Crippen LogP contribution in [0.1, 0.15) is 30.9 Å². The molecule has 3 aromatic carbocycles. The fourth-order valence-electron chi connectivity index (χ4n) is 4.12. The third-order valence-corrected chi connectivity index (χ3v) is 6.01. The van der Waals surface area contributed by atoms with Crippen molar-refractivity contribution < 1.29 is 24.5 Å². The molecule has 0 spiro atoms. The van der Waals surface area contributed by atoms with Gasteiger partial charge in [-0.05, 0) is 41.9 Å². The molecular formula is C32H26IrN2O-2. The molecule has 1 radical (unpaired) electrons. The van der Waals surface area contributed by atoms with Gasteiger partial charge in [-0.1, -0.05) is 67.3 Å². The van der Waals surface area contributed by atoms with Crippen molar-refractivity contribution in [2.75, 3.05) is 0 Å². The molecule has 181 valence electrons. The van der Waals surface area contributed by atoms with E-state index in [1.165, 1.54) is 5.56 Å². The normalized spacial score (nSPS) is 10.7. The Labute approximate surface area is 225 Å². The van der Waals surface area contributed by atoms with Crippen LogP contribution in [0.3, 0.4) is 0 Å². The summed E-state index contributed by atoms with van der Waals surface area (Å²) in [7, 11) is 0. The monoisotopic (exact) mass is 647 g/mol. The molecule has 3 aromatic heterocycles. The van der Waals surface area contributed by atoms with Gasteiger partial charge in [0.05, 0.1) is 5.58 Å². The molecule has 0 N–H and O–H groups in total. The second-order valence-corrected chi connectivity index (χ2v) is 8.77. The average molecular weight is 647 g/mol. The molecule has 0 saturated heterocycles. The molecule has 3 heterocycles. The smallest absolute Gasteiger partial charge is 0.123 e. The van der Waals surface area contributed by atoms with Gasteiger partial charge in [0.2, 0.25) is 0 Å². The third kappa shape index (κ3) is 5.31. The summed E-state index contributed by atoms with van der Waals surface area (Å²) in [6, 6.07) is 34.7. The summed E-state index contributed by atoms with van der Waals surface area (Å²) in [6.45, 7) is 6.45. The first-order chi connectivity index (χ1) is 17.1. The van der Waals surface area contributed by atoms with E-state index in [1.54, 1.807) is 6.20 Å². The number of fused-ring (bicyclic) bond motifs is 3. The van der Waals surface area contributed by atoms with Crippen LogP contribution in [0.25, 0.3) is 44.5 Å². The summed E-state index contributed by atoms with van der Waals surface area (Å²) in [5, 5.41) is 2.26. The molecule has 6 rings (SSSR count). The summed E-state index contributed by atoms with van der Waals surface area (Å²) in [4.78, 5) is 8.72. The molecule has 0 aliphatic heterocycles. The number of para-hydroxylation sites is 1. The van der Waals surface area contributed by atoms with Gasteiger partial charge in [0.1, 0.15) is 5.58 Å². The fraction of sp³-hybridized carbons (Fsp3) is 0.125. The standard InChI is InChI=1S/C18H12NO.C14H14N.Ir/c1-12-6-4-7-13-14-8-5-9-15(18(14)20-17(12)13)16-10-2-3-11-19-16;1-11(2)12-6-5-7-13(10-12)14-8-3-4-9-15-14;/h2-8,10-11H,1H3;3-6,8-11H,1-2H3;/q2*-1;.